The van der Waals surface area contributed by atoms with E-state index < -0.39 is 0 Å². The summed E-state index contributed by atoms with van der Waals surface area (Å²) in [4.78, 5) is 8.96. The number of rotatable bonds is 6. The van der Waals surface area contributed by atoms with Crippen molar-refractivity contribution in [3.63, 3.8) is 0 Å². The van der Waals surface area contributed by atoms with Gasteiger partial charge in [0, 0.05) is 17.7 Å². The summed E-state index contributed by atoms with van der Waals surface area (Å²) in [5.41, 5.74) is 3.57. The van der Waals surface area contributed by atoms with Crippen molar-refractivity contribution in [2.75, 3.05) is 10.7 Å². The first-order valence-electron chi connectivity index (χ1n) is 6.94. The lowest BCUT2D eigenvalue weighted by molar-refractivity contribution is 0.668. The Labute approximate surface area is 119 Å². The molecule has 0 atom stereocenters. The molecule has 1 aromatic carbocycles. The van der Waals surface area contributed by atoms with E-state index in [-0.39, 0.29) is 0 Å². The van der Waals surface area contributed by atoms with Crippen molar-refractivity contribution in [3.05, 3.63) is 36.4 Å². The Morgan fingerprint density at radius 2 is 1.70 bits per heavy atom. The zero-order valence-corrected chi connectivity index (χ0v) is 11.9. The predicted molar refractivity (Wildman–Crippen MR) is 83.3 cm³/mol. The molecule has 4 N–H and O–H groups in total. The van der Waals surface area contributed by atoms with Gasteiger partial charge in [-0.3, -0.25) is 0 Å². The Bertz CT molecular complexity index is 537. The van der Waals surface area contributed by atoms with Gasteiger partial charge in [-0.15, -0.1) is 0 Å². The van der Waals surface area contributed by atoms with Gasteiger partial charge in [0.2, 0.25) is 0 Å². The van der Waals surface area contributed by atoms with Crippen LogP contribution in [-0.2, 0) is 0 Å². The smallest absolute Gasteiger partial charge is 0.163 e. The number of aromatic nitrogens is 2. The first kappa shape index (κ1) is 14.3. The minimum atomic E-state index is 0.402. The number of nitrogens with one attached hydrogen (secondary N) is 2. The van der Waals surface area contributed by atoms with E-state index in [1.807, 2.05) is 36.4 Å². The second kappa shape index (κ2) is 6.86. The van der Waals surface area contributed by atoms with E-state index >= 15 is 0 Å². The van der Waals surface area contributed by atoms with Crippen LogP contribution in [0.1, 0.15) is 26.7 Å². The second-order valence-electron chi connectivity index (χ2n) is 4.63. The zero-order chi connectivity index (χ0) is 14.4. The minimum Gasteiger partial charge on any atom is -0.367 e. The van der Waals surface area contributed by atoms with Crippen molar-refractivity contribution < 1.29 is 0 Å². The predicted octanol–water partition coefficient (Wildman–Crippen LogP) is 3.03. The topological polar surface area (TPSA) is 75.9 Å². The van der Waals surface area contributed by atoms with E-state index in [4.69, 9.17) is 5.84 Å². The van der Waals surface area contributed by atoms with Crippen LogP contribution in [0.5, 0.6) is 0 Å². The Hall–Kier alpha value is -2.14. The number of benzene rings is 1. The Morgan fingerprint density at radius 3 is 2.30 bits per heavy atom. The Kier molecular flexibility index (Phi) is 4.90. The molecule has 0 radical (unpaired) electrons. The molecule has 2 rings (SSSR count). The van der Waals surface area contributed by atoms with E-state index in [9.17, 15) is 0 Å². The average molecular weight is 271 g/mol. The maximum absolute atomic E-state index is 5.49. The van der Waals surface area contributed by atoms with Crippen molar-refractivity contribution in [2.24, 2.45) is 5.84 Å². The molecule has 5 heteroatoms. The van der Waals surface area contributed by atoms with Crippen LogP contribution in [-0.4, -0.2) is 16.0 Å². The van der Waals surface area contributed by atoms with E-state index in [1.165, 1.54) is 0 Å². The summed E-state index contributed by atoms with van der Waals surface area (Å²) in [5, 5.41) is 3.42. The van der Waals surface area contributed by atoms with Crippen molar-refractivity contribution in [1.29, 1.82) is 0 Å². The number of hydrogen-bond acceptors (Lipinski definition) is 5. The standard InChI is InChI=1S/C15H21N5/c1-3-12(4-2)17-13-10-14(20-16)19-15(18-13)11-8-6-5-7-9-11/h5-10,12H,3-4,16H2,1-2H3,(H2,17,18,19,20). The lowest BCUT2D eigenvalue weighted by atomic mass is 10.2. The van der Waals surface area contributed by atoms with Crippen LogP contribution in [0.3, 0.4) is 0 Å². The summed E-state index contributed by atoms with van der Waals surface area (Å²) in [5.74, 6) is 7.55. The summed E-state index contributed by atoms with van der Waals surface area (Å²) in [6.45, 7) is 4.31. The molecule has 0 aliphatic carbocycles. The minimum absolute atomic E-state index is 0.402. The summed E-state index contributed by atoms with van der Waals surface area (Å²) in [6.07, 6.45) is 2.10. The van der Waals surface area contributed by atoms with Crippen molar-refractivity contribution >= 4 is 11.6 Å². The van der Waals surface area contributed by atoms with Crippen LogP contribution in [0.4, 0.5) is 11.6 Å². The van der Waals surface area contributed by atoms with Crippen LogP contribution < -0.4 is 16.6 Å². The van der Waals surface area contributed by atoms with Crippen molar-refractivity contribution in [1.82, 2.24) is 9.97 Å². The van der Waals surface area contributed by atoms with Gasteiger partial charge in [-0.2, -0.15) is 0 Å². The Morgan fingerprint density at radius 1 is 1.05 bits per heavy atom. The van der Waals surface area contributed by atoms with Crippen LogP contribution >= 0.6 is 0 Å². The van der Waals surface area contributed by atoms with Gasteiger partial charge in [0.05, 0.1) is 0 Å². The van der Waals surface area contributed by atoms with Crippen LogP contribution in [0, 0.1) is 0 Å². The molecule has 0 unspecified atom stereocenters. The maximum atomic E-state index is 5.49. The molecule has 2 aromatic rings. The van der Waals surface area contributed by atoms with Crippen molar-refractivity contribution in [2.45, 2.75) is 32.7 Å². The molecule has 0 fully saturated rings. The molecule has 0 bridgehead atoms. The molecular weight excluding hydrogens is 250 g/mol. The van der Waals surface area contributed by atoms with Gasteiger partial charge in [-0.05, 0) is 12.8 Å². The zero-order valence-electron chi connectivity index (χ0n) is 11.9. The SMILES string of the molecule is CCC(CC)Nc1cc(NN)nc(-c2ccccc2)n1. The highest BCUT2D eigenvalue weighted by atomic mass is 15.3. The molecule has 0 spiro atoms. The van der Waals surface area contributed by atoms with E-state index in [0.29, 0.717) is 17.7 Å². The summed E-state index contributed by atoms with van der Waals surface area (Å²) in [6, 6.07) is 12.1. The molecule has 0 amide bonds. The third-order valence-electron chi connectivity index (χ3n) is 3.24. The van der Waals surface area contributed by atoms with Gasteiger partial charge >= 0.3 is 0 Å². The number of nitrogen functional groups attached to an aromatic ring is 1. The summed E-state index contributed by atoms with van der Waals surface area (Å²) >= 11 is 0. The molecule has 106 valence electrons. The largest absolute Gasteiger partial charge is 0.367 e. The number of nitrogens with two attached hydrogens (primary N) is 1. The highest BCUT2D eigenvalue weighted by molar-refractivity contribution is 5.61. The first-order chi connectivity index (χ1) is 9.76. The lowest BCUT2D eigenvalue weighted by Gasteiger charge is -2.16. The number of anilines is 2. The number of hydrogen-bond donors (Lipinski definition) is 3. The van der Waals surface area contributed by atoms with Crippen LogP contribution in [0.2, 0.25) is 0 Å². The Balaban J connectivity index is 2.34. The van der Waals surface area contributed by atoms with Gasteiger partial charge in [-0.1, -0.05) is 44.2 Å². The van der Waals surface area contributed by atoms with Crippen LogP contribution in [0.15, 0.2) is 36.4 Å². The lowest BCUT2D eigenvalue weighted by Crippen LogP contribution is -2.19. The normalized spacial score (nSPS) is 10.6. The third kappa shape index (κ3) is 3.45. The monoisotopic (exact) mass is 271 g/mol. The molecule has 0 saturated carbocycles. The molecule has 1 aromatic heterocycles. The van der Waals surface area contributed by atoms with Crippen LogP contribution in [0.25, 0.3) is 11.4 Å². The fraction of sp³-hybridized carbons (Fsp3) is 0.333. The van der Waals surface area contributed by atoms with Gasteiger partial charge in [-0.25, -0.2) is 15.8 Å². The first-order valence-corrected chi connectivity index (χ1v) is 6.94. The molecule has 20 heavy (non-hydrogen) atoms. The van der Waals surface area contributed by atoms with Gasteiger partial charge in [0.25, 0.3) is 0 Å². The van der Waals surface area contributed by atoms with Gasteiger partial charge in [0.15, 0.2) is 5.82 Å². The molecule has 0 aliphatic heterocycles. The summed E-state index contributed by atoms with van der Waals surface area (Å²) in [7, 11) is 0. The van der Waals surface area contributed by atoms with Crippen molar-refractivity contribution in [3.8, 4) is 11.4 Å². The molecule has 0 aliphatic rings. The second-order valence-corrected chi connectivity index (χ2v) is 4.63. The summed E-state index contributed by atoms with van der Waals surface area (Å²) < 4.78 is 0. The fourth-order valence-corrected chi connectivity index (χ4v) is 2.01. The quantitative estimate of drug-likeness (QED) is 0.556. The molecule has 1 heterocycles. The third-order valence-corrected chi connectivity index (χ3v) is 3.24. The maximum Gasteiger partial charge on any atom is 0.163 e. The number of hydrazine groups is 1. The highest BCUT2D eigenvalue weighted by Gasteiger charge is 2.09. The average Bonchev–Trinajstić information content (AvgIpc) is 2.53. The molecule has 5 nitrogen and oxygen atoms in total. The molecular formula is C15H21N5. The fourth-order valence-electron chi connectivity index (χ4n) is 2.01. The highest BCUT2D eigenvalue weighted by Crippen LogP contribution is 2.20. The van der Waals surface area contributed by atoms with Gasteiger partial charge < -0.3 is 10.7 Å². The van der Waals surface area contributed by atoms with Gasteiger partial charge in [0.1, 0.15) is 11.6 Å². The van der Waals surface area contributed by atoms with E-state index in [2.05, 4.69) is 34.6 Å². The van der Waals surface area contributed by atoms with E-state index in [0.717, 1.165) is 24.2 Å². The van der Waals surface area contributed by atoms with E-state index in [1.54, 1.807) is 0 Å². The number of nitrogens with zero attached hydrogens (tertiary/aromatic N) is 2. The molecule has 0 saturated heterocycles.